The summed E-state index contributed by atoms with van der Waals surface area (Å²) in [4.78, 5) is 14.3. The number of fused-ring (bicyclic) bond motifs is 1. The Morgan fingerprint density at radius 2 is 1.79 bits per heavy atom. The highest BCUT2D eigenvalue weighted by atomic mass is 35.5. The van der Waals surface area contributed by atoms with Crippen LogP contribution in [0.3, 0.4) is 0 Å². The first-order chi connectivity index (χ1) is 16.3. The molecule has 0 atom stereocenters. The van der Waals surface area contributed by atoms with Crippen LogP contribution in [0.15, 0.2) is 59.0 Å². The fraction of sp³-hybridized carbons (Fsp3) is 0.222. The number of likely N-dealkylation sites (tertiary alicyclic amines) is 1. The predicted molar refractivity (Wildman–Crippen MR) is 128 cm³/mol. The SMILES string of the molecule is NCc1cc2cc(-c3ccc(C(=O)N4CCC(F)(F)CC4)cc3)cc(-c3cc#cc(Cl)c3)c2o1. The normalized spacial score (nSPS) is 15.4. The van der Waals surface area contributed by atoms with Gasteiger partial charge >= 0.3 is 0 Å². The van der Waals surface area contributed by atoms with E-state index in [2.05, 4.69) is 12.1 Å². The van der Waals surface area contributed by atoms with Crippen LogP contribution in [-0.4, -0.2) is 29.8 Å². The van der Waals surface area contributed by atoms with Gasteiger partial charge < -0.3 is 15.1 Å². The second-order valence-electron chi connectivity index (χ2n) is 8.45. The Bertz CT molecular complexity index is 1360. The van der Waals surface area contributed by atoms with Crippen molar-refractivity contribution in [2.24, 2.45) is 5.73 Å². The van der Waals surface area contributed by atoms with Crippen molar-refractivity contribution < 1.29 is 18.0 Å². The summed E-state index contributed by atoms with van der Waals surface area (Å²) in [5.74, 6) is -2.25. The van der Waals surface area contributed by atoms with Crippen LogP contribution in [0, 0.1) is 12.1 Å². The van der Waals surface area contributed by atoms with Crippen molar-refractivity contribution in [1.29, 1.82) is 0 Å². The lowest BCUT2D eigenvalue weighted by Crippen LogP contribution is -2.42. The number of hydrogen-bond donors (Lipinski definition) is 1. The molecule has 2 N–H and O–H groups in total. The molecule has 34 heavy (non-hydrogen) atoms. The molecule has 0 aliphatic carbocycles. The Hall–Kier alpha value is -3.40. The summed E-state index contributed by atoms with van der Waals surface area (Å²) in [7, 11) is 0. The number of furan rings is 1. The second kappa shape index (κ2) is 8.75. The number of benzene rings is 2. The largest absolute Gasteiger partial charge is 0.459 e. The average molecular weight is 479 g/mol. The van der Waals surface area contributed by atoms with Crippen LogP contribution in [0.25, 0.3) is 33.2 Å². The van der Waals surface area contributed by atoms with Gasteiger partial charge in [-0.15, -0.1) is 0 Å². The number of carbonyl (C=O) groups is 1. The first-order valence-corrected chi connectivity index (χ1v) is 11.3. The summed E-state index contributed by atoms with van der Waals surface area (Å²) in [6.45, 7) is 0.398. The molecule has 1 aromatic heterocycles. The molecule has 0 spiro atoms. The zero-order valence-electron chi connectivity index (χ0n) is 18.2. The van der Waals surface area contributed by atoms with Crippen molar-refractivity contribution in [3.8, 4) is 22.3 Å². The number of alkyl halides is 2. The van der Waals surface area contributed by atoms with Crippen LogP contribution >= 0.6 is 11.6 Å². The van der Waals surface area contributed by atoms with Gasteiger partial charge in [0.25, 0.3) is 11.8 Å². The van der Waals surface area contributed by atoms with E-state index in [-0.39, 0.29) is 38.4 Å². The maximum absolute atomic E-state index is 13.4. The summed E-state index contributed by atoms with van der Waals surface area (Å²) < 4.78 is 32.8. The van der Waals surface area contributed by atoms with Crippen molar-refractivity contribution in [3.63, 3.8) is 0 Å². The molecule has 0 saturated carbocycles. The van der Waals surface area contributed by atoms with Crippen molar-refractivity contribution >= 4 is 28.5 Å². The third-order valence-electron chi connectivity index (χ3n) is 6.13. The molecule has 1 fully saturated rings. The highest BCUT2D eigenvalue weighted by Crippen LogP contribution is 2.36. The van der Waals surface area contributed by atoms with Gasteiger partial charge in [0.05, 0.1) is 11.6 Å². The van der Waals surface area contributed by atoms with E-state index in [4.69, 9.17) is 21.8 Å². The number of nitrogens with zero attached hydrogens (tertiary/aromatic N) is 1. The topological polar surface area (TPSA) is 59.5 Å². The zero-order valence-corrected chi connectivity index (χ0v) is 19.0. The number of amides is 1. The monoisotopic (exact) mass is 478 g/mol. The molecular formula is C27H21ClF2N2O2. The highest BCUT2D eigenvalue weighted by molar-refractivity contribution is 6.30. The van der Waals surface area contributed by atoms with Gasteiger partial charge in [0.1, 0.15) is 11.3 Å². The van der Waals surface area contributed by atoms with E-state index >= 15 is 0 Å². The van der Waals surface area contributed by atoms with Gasteiger partial charge in [-0.2, -0.15) is 0 Å². The number of hydrogen-bond acceptors (Lipinski definition) is 3. The Morgan fingerprint density at radius 1 is 1.06 bits per heavy atom. The molecule has 1 aliphatic rings. The summed E-state index contributed by atoms with van der Waals surface area (Å²) >= 11 is 6.15. The van der Waals surface area contributed by atoms with Crippen molar-refractivity contribution in [1.82, 2.24) is 4.90 Å². The summed E-state index contributed by atoms with van der Waals surface area (Å²) in [6, 6.07) is 22.4. The maximum Gasteiger partial charge on any atom is 0.253 e. The minimum Gasteiger partial charge on any atom is -0.459 e. The molecule has 4 nitrogen and oxygen atoms in total. The van der Waals surface area contributed by atoms with Gasteiger partial charge in [-0.1, -0.05) is 29.8 Å². The Kier molecular flexibility index (Phi) is 5.76. The van der Waals surface area contributed by atoms with Gasteiger partial charge in [-0.3, -0.25) is 4.79 Å². The van der Waals surface area contributed by atoms with Crippen LogP contribution in [0.2, 0.25) is 5.02 Å². The van der Waals surface area contributed by atoms with Gasteiger partial charge in [-0.25, -0.2) is 8.78 Å². The van der Waals surface area contributed by atoms with Crippen molar-refractivity contribution in [2.75, 3.05) is 13.1 Å². The first kappa shape index (κ1) is 22.4. The first-order valence-electron chi connectivity index (χ1n) is 11.0. The molecule has 1 aliphatic heterocycles. The highest BCUT2D eigenvalue weighted by Gasteiger charge is 2.35. The minimum atomic E-state index is -2.69. The van der Waals surface area contributed by atoms with Crippen LogP contribution in [0.1, 0.15) is 29.0 Å². The molecule has 4 aromatic rings. The number of rotatable bonds is 4. The fourth-order valence-electron chi connectivity index (χ4n) is 4.27. The lowest BCUT2D eigenvalue weighted by atomic mass is 9.96. The van der Waals surface area contributed by atoms with Crippen LogP contribution < -0.4 is 5.73 Å². The molecule has 0 radical (unpaired) electrons. The van der Waals surface area contributed by atoms with E-state index in [1.165, 1.54) is 4.90 Å². The minimum absolute atomic E-state index is 0.0612. The standard InChI is InChI=1S/C27H21ClF2N2O2/c28-22-3-1-2-19(13-22)24-15-20(12-21-14-23(16-31)34-25(21)24)17-4-6-18(7-5-17)26(33)32-10-8-27(29,30)9-11-32/h2,4-7,12-15H,8-11,16,31H2. The van der Waals surface area contributed by atoms with Crippen LogP contribution in [-0.2, 0) is 6.54 Å². The third kappa shape index (κ3) is 4.37. The second-order valence-corrected chi connectivity index (χ2v) is 8.85. The third-order valence-corrected chi connectivity index (χ3v) is 6.33. The fourth-order valence-corrected chi connectivity index (χ4v) is 4.44. The Balaban J connectivity index is 1.49. The molecule has 1 saturated heterocycles. The Labute approximate surface area is 200 Å². The molecule has 0 bridgehead atoms. The molecule has 2 heterocycles. The van der Waals surface area contributed by atoms with Gasteiger partial charge in [-0.05, 0) is 65.2 Å². The number of piperidine rings is 1. The van der Waals surface area contributed by atoms with Gasteiger partial charge in [0.15, 0.2) is 0 Å². The lowest BCUT2D eigenvalue weighted by Gasteiger charge is -2.31. The van der Waals surface area contributed by atoms with E-state index in [9.17, 15) is 13.6 Å². The molecule has 7 heteroatoms. The predicted octanol–water partition coefficient (Wildman–Crippen LogP) is 6.35. The number of nitrogens with two attached hydrogens (primary N) is 1. The smallest absolute Gasteiger partial charge is 0.253 e. The van der Waals surface area contributed by atoms with Crippen LogP contribution in [0.4, 0.5) is 8.78 Å². The number of carbonyl (C=O) groups excluding carboxylic acids is 1. The molecule has 1 amide bonds. The maximum atomic E-state index is 13.4. The molecule has 0 unspecified atom stereocenters. The van der Waals surface area contributed by atoms with Crippen molar-refractivity contribution in [2.45, 2.75) is 25.3 Å². The van der Waals surface area contributed by atoms with Crippen LogP contribution in [0.5, 0.6) is 0 Å². The molecule has 3 aromatic carbocycles. The molecule has 5 rings (SSSR count). The lowest BCUT2D eigenvalue weighted by molar-refractivity contribution is -0.0494. The zero-order chi connectivity index (χ0) is 23.9. The quantitative estimate of drug-likeness (QED) is 0.372. The summed E-state index contributed by atoms with van der Waals surface area (Å²) in [5, 5.41) is 1.34. The van der Waals surface area contributed by atoms with E-state index < -0.39 is 5.92 Å². The number of halogens is 3. The van der Waals surface area contributed by atoms with E-state index in [0.717, 1.165) is 27.6 Å². The summed E-state index contributed by atoms with van der Waals surface area (Å²) in [5.41, 5.74) is 10.5. The van der Waals surface area contributed by atoms with E-state index in [1.807, 2.05) is 30.3 Å². The summed E-state index contributed by atoms with van der Waals surface area (Å²) in [6.07, 6.45) is -0.596. The van der Waals surface area contributed by atoms with E-state index in [0.29, 0.717) is 21.9 Å². The van der Waals surface area contributed by atoms with Crippen molar-refractivity contribution in [3.05, 3.63) is 83.1 Å². The van der Waals surface area contributed by atoms with Gasteiger partial charge in [0.2, 0.25) is 0 Å². The Morgan fingerprint density at radius 3 is 2.47 bits per heavy atom. The average Bonchev–Trinajstić information content (AvgIpc) is 3.26. The van der Waals surface area contributed by atoms with E-state index in [1.54, 1.807) is 24.3 Å². The van der Waals surface area contributed by atoms with Gasteiger partial charge in [0, 0.05) is 42.4 Å². The molecule has 172 valence electrons. The molecular weight excluding hydrogens is 458 g/mol.